The van der Waals surface area contributed by atoms with E-state index in [4.69, 9.17) is 5.11 Å². The minimum absolute atomic E-state index is 0.207. The Balaban J connectivity index is 2.31. The molecule has 0 bridgehead atoms. The van der Waals surface area contributed by atoms with Gasteiger partial charge in [-0.15, -0.1) is 5.10 Å². The molecule has 1 aromatic rings. The summed E-state index contributed by atoms with van der Waals surface area (Å²) in [6.45, 7) is 2.08. The van der Waals surface area contributed by atoms with Gasteiger partial charge in [-0.2, -0.15) is 0 Å². The molecule has 80 valence electrons. The molecule has 0 fully saturated rings. The van der Waals surface area contributed by atoms with Crippen molar-refractivity contribution in [3.05, 3.63) is 5.82 Å². The van der Waals surface area contributed by atoms with E-state index in [9.17, 15) is 0 Å². The van der Waals surface area contributed by atoms with E-state index in [-0.39, 0.29) is 6.61 Å². The van der Waals surface area contributed by atoms with Gasteiger partial charge in [0, 0.05) is 18.4 Å². The van der Waals surface area contributed by atoms with E-state index >= 15 is 0 Å². The van der Waals surface area contributed by atoms with Crippen molar-refractivity contribution < 1.29 is 5.11 Å². The van der Waals surface area contributed by atoms with Gasteiger partial charge in [0.2, 0.25) is 5.16 Å². The second-order valence-electron chi connectivity index (χ2n) is 3.01. The first-order valence-corrected chi connectivity index (χ1v) is 5.54. The molecule has 0 radical (unpaired) electrons. The molecule has 0 aliphatic heterocycles. The molecular weight excluding hydrogens is 200 g/mol. The predicted octanol–water partition coefficient (Wildman–Crippen LogP) is 0.176. The van der Waals surface area contributed by atoms with Crippen LogP contribution in [0.3, 0.4) is 0 Å². The number of aliphatic hydroxyl groups is 1. The lowest BCUT2D eigenvalue weighted by molar-refractivity contribution is 0.273. The fourth-order valence-electron chi connectivity index (χ4n) is 1.03. The molecule has 1 atom stereocenters. The number of rotatable bonds is 6. The third-order valence-electron chi connectivity index (χ3n) is 1.88. The molecule has 6 heteroatoms. The van der Waals surface area contributed by atoms with Gasteiger partial charge in [0.1, 0.15) is 5.82 Å². The average molecular weight is 216 g/mol. The first-order valence-electron chi connectivity index (χ1n) is 4.56. The number of aryl methyl sites for hydroxylation is 1. The van der Waals surface area contributed by atoms with Gasteiger partial charge in [0.15, 0.2) is 0 Å². The summed E-state index contributed by atoms with van der Waals surface area (Å²) < 4.78 is 0. The zero-order valence-electron chi connectivity index (χ0n) is 8.45. The summed E-state index contributed by atoms with van der Waals surface area (Å²) in [5.74, 6) is 1.70. The zero-order valence-corrected chi connectivity index (χ0v) is 9.27. The summed E-state index contributed by atoms with van der Waals surface area (Å²) in [6.07, 6.45) is 0.757. The molecule has 1 aromatic heterocycles. The lowest BCUT2D eigenvalue weighted by Crippen LogP contribution is -2.28. The van der Waals surface area contributed by atoms with Crippen molar-refractivity contribution in [1.29, 1.82) is 0 Å². The van der Waals surface area contributed by atoms with E-state index in [0.717, 1.165) is 23.2 Å². The molecule has 0 aliphatic rings. The van der Waals surface area contributed by atoms with Gasteiger partial charge >= 0.3 is 0 Å². The lowest BCUT2D eigenvalue weighted by Gasteiger charge is -2.12. The molecule has 0 aromatic carbocycles. The van der Waals surface area contributed by atoms with Crippen molar-refractivity contribution in [2.24, 2.45) is 0 Å². The van der Waals surface area contributed by atoms with Crippen LogP contribution in [0.25, 0.3) is 0 Å². The van der Waals surface area contributed by atoms with E-state index in [1.165, 1.54) is 0 Å². The predicted molar refractivity (Wildman–Crippen MR) is 56.4 cm³/mol. The number of nitrogens with one attached hydrogen (secondary N) is 2. The largest absolute Gasteiger partial charge is 0.396 e. The highest BCUT2D eigenvalue weighted by molar-refractivity contribution is 7.99. The van der Waals surface area contributed by atoms with Crippen molar-refractivity contribution in [2.45, 2.75) is 24.5 Å². The molecule has 3 N–H and O–H groups in total. The number of aromatic amines is 1. The Hall–Kier alpha value is -0.590. The number of nitrogens with zero attached hydrogens (tertiary/aromatic N) is 2. The van der Waals surface area contributed by atoms with Crippen LogP contribution in [0.2, 0.25) is 0 Å². The standard InChI is InChI=1S/C8H16N4OS/c1-6-10-8(12-11-6)14-5-7(9-2)3-4-13/h7,9,13H,3-5H2,1-2H3,(H,10,11,12). The highest BCUT2D eigenvalue weighted by atomic mass is 32.2. The van der Waals surface area contributed by atoms with Crippen LogP contribution in [-0.2, 0) is 0 Å². The summed E-state index contributed by atoms with van der Waals surface area (Å²) >= 11 is 1.59. The van der Waals surface area contributed by atoms with Gasteiger partial charge in [-0.3, -0.25) is 5.10 Å². The van der Waals surface area contributed by atoms with Crippen molar-refractivity contribution in [3.8, 4) is 0 Å². The molecule has 14 heavy (non-hydrogen) atoms. The summed E-state index contributed by atoms with van der Waals surface area (Å²) in [7, 11) is 1.89. The SMILES string of the molecule is CNC(CCO)CSc1n[nH]c(C)n1. The van der Waals surface area contributed by atoms with Crippen molar-refractivity contribution in [3.63, 3.8) is 0 Å². The highest BCUT2D eigenvalue weighted by Gasteiger charge is 2.07. The van der Waals surface area contributed by atoms with Crippen LogP contribution in [0.1, 0.15) is 12.2 Å². The quantitative estimate of drug-likeness (QED) is 0.591. The maximum Gasteiger partial charge on any atom is 0.208 e. The van der Waals surface area contributed by atoms with E-state index in [0.29, 0.717) is 6.04 Å². The van der Waals surface area contributed by atoms with Gasteiger partial charge in [-0.05, 0) is 20.4 Å². The summed E-state index contributed by atoms with van der Waals surface area (Å²) in [4.78, 5) is 4.18. The van der Waals surface area contributed by atoms with Gasteiger partial charge in [-0.1, -0.05) is 11.8 Å². The van der Waals surface area contributed by atoms with Gasteiger partial charge < -0.3 is 10.4 Å². The monoisotopic (exact) mass is 216 g/mol. The Kier molecular flexibility index (Phi) is 4.92. The van der Waals surface area contributed by atoms with Gasteiger partial charge in [-0.25, -0.2) is 4.98 Å². The molecule has 1 heterocycles. The molecule has 0 saturated heterocycles. The Morgan fingerprint density at radius 3 is 2.93 bits per heavy atom. The first-order chi connectivity index (χ1) is 6.76. The van der Waals surface area contributed by atoms with E-state index in [2.05, 4.69) is 20.5 Å². The molecule has 0 amide bonds. The third kappa shape index (κ3) is 3.65. The van der Waals surface area contributed by atoms with E-state index in [1.807, 2.05) is 14.0 Å². The summed E-state index contributed by atoms with van der Waals surface area (Å²) in [5.41, 5.74) is 0. The fraction of sp³-hybridized carbons (Fsp3) is 0.750. The molecule has 1 unspecified atom stereocenters. The molecular formula is C8H16N4OS. The Bertz CT molecular complexity index is 266. The number of hydrogen-bond acceptors (Lipinski definition) is 5. The molecule has 1 rings (SSSR count). The maximum atomic E-state index is 8.78. The smallest absolute Gasteiger partial charge is 0.208 e. The molecule has 0 aliphatic carbocycles. The highest BCUT2D eigenvalue weighted by Crippen LogP contribution is 2.14. The number of aliphatic hydroxyl groups excluding tert-OH is 1. The Morgan fingerprint density at radius 1 is 1.64 bits per heavy atom. The van der Waals surface area contributed by atoms with Crippen LogP contribution in [0, 0.1) is 6.92 Å². The van der Waals surface area contributed by atoms with Crippen molar-refractivity contribution >= 4 is 11.8 Å². The normalized spacial score (nSPS) is 13.1. The molecule has 5 nitrogen and oxygen atoms in total. The topological polar surface area (TPSA) is 73.8 Å². The fourth-order valence-corrected chi connectivity index (χ4v) is 2.02. The van der Waals surface area contributed by atoms with Crippen LogP contribution < -0.4 is 5.32 Å². The number of H-pyrrole nitrogens is 1. The van der Waals surface area contributed by atoms with Crippen molar-refractivity contribution in [2.75, 3.05) is 19.4 Å². The summed E-state index contributed by atoms with van der Waals surface area (Å²) in [5, 5.41) is 19.5. The number of thioether (sulfide) groups is 1. The van der Waals surface area contributed by atoms with E-state index < -0.39 is 0 Å². The minimum Gasteiger partial charge on any atom is -0.396 e. The first kappa shape index (κ1) is 11.5. The van der Waals surface area contributed by atoms with Crippen molar-refractivity contribution in [1.82, 2.24) is 20.5 Å². The van der Waals surface area contributed by atoms with Crippen LogP contribution in [-0.4, -0.2) is 45.7 Å². The second kappa shape index (κ2) is 6.00. The third-order valence-corrected chi connectivity index (χ3v) is 2.89. The number of hydrogen-bond donors (Lipinski definition) is 3. The molecule has 0 saturated carbocycles. The lowest BCUT2D eigenvalue weighted by atomic mass is 10.2. The number of aromatic nitrogens is 3. The van der Waals surface area contributed by atoms with E-state index in [1.54, 1.807) is 11.8 Å². The van der Waals surface area contributed by atoms with Crippen LogP contribution >= 0.6 is 11.8 Å². The molecule has 0 spiro atoms. The van der Waals surface area contributed by atoms with Crippen LogP contribution in [0.4, 0.5) is 0 Å². The van der Waals surface area contributed by atoms with Gasteiger partial charge in [0.05, 0.1) is 0 Å². The minimum atomic E-state index is 0.207. The Morgan fingerprint density at radius 2 is 2.43 bits per heavy atom. The summed E-state index contributed by atoms with van der Waals surface area (Å²) in [6, 6.07) is 0.309. The Labute approximate surface area is 87.7 Å². The van der Waals surface area contributed by atoms with Crippen LogP contribution in [0.15, 0.2) is 5.16 Å². The average Bonchev–Trinajstić information content (AvgIpc) is 2.59. The zero-order chi connectivity index (χ0) is 10.4. The van der Waals surface area contributed by atoms with Gasteiger partial charge in [0.25, 0.3) is 0 Å². The maximum absolute atomic E-state index is 8.78. The second-order valence-corrected chi connectivity index (χ2v) is 4.00. The van der Waals surface area contributed by atoms with Crippen LogP contribution in [0.5, 0.6) is 0 Å².